The summed E-state index contributed by atoms with van der Waals surface area (Å²) in [5, 5.41) is 15.0. The van der Waals surface area contributed by atoms with Gasteiger partial charge in [-0.15, -0.1) is 0 Å². The van der Waals surface area contributed by atoms with E-state index < -0.39 is 10.0 Å². The fourth-order valence-electron chi connectivity index (χ4n) is 2.86. The quantitative estimate of drug-likeness (QED) is 0.656. The molecule has 0 unspecified atom stereocenters. The first-order chi connectivity index (χ1) is 13.0. The predicted octanol–water partition coefficient (Wildman–Crippen LogP) is 3.00. The zero-order valence-corrected chi connectivity index (χ0v) is 15.5. The van der Waals surface area contributed by atoms with Crippen molar-refractivity contribution in [1.29, 1.82) is 0 Å². The van der Waals surface area contributed by atoms with Crippen molar-refractivity contribution in [1.82, 2.24) is 0 Å². The number of primary sulfonamides is 1. The number of nitrogens with two attached hydrogens (primary N) is 1. The van der Waals surface area contributed by atoms with Crippen LogP contribution in [-0.2, 0) is 29.7 Å². The van der Waals surface area contributed by atoms with Crippen LogP contribution in [0, 0.1) is 0 Å². The molecule has 0 saturated carbocycles. The molecule has 5 nitrogen and oxygen atoms in total. The van der Waals surface area contributed by atoms with Crippen LogP contribution in [0.5, 0.6) is 5.75 Å². The first-order valence-electron chi connectivity index (χ1n) is 8.47. The van der Waals surface area contributed by atoms with Crippen LogP contribution in [0.15, 0.2) is 77.7 Å². The molecule has 0 bridgehead atoms. The third-order valence-electron chi connectivity index (χ3n) is 4.18. The Bertz CT molecular complexity index is 1000. The van der Waals surface area contributed by atoms with E-state index in [4.69, 9.17) is 9.88 Å². The van der Waals surface area contributed by atoms with E-state index in [-0.39, 0.29) is 18.1 Å². The summed E-state index contributed by atoms with van der Waals surface area (Å²) >= 11 is 0. The summed E-state index contributed by atoms with van der Waals surface area (Å²) in [7, 11) is -3.98. The second-order valence-electron chi connectivity index (χ2n) is 6.21. The van der Waals surface area contributed by atoms with Crippen LogP contribution in [0.2, 0.25) is 0 Å². The second kappa shape index (κ2) is 8.35. The van der Waals surface area contributed by atoms with Gasteiger partial charge in [0, 0.05) is 12.0 Å². The summed E-state index contributed by atoms with van der Waals surface area (Å²) < 4.78 is 30.3. The SMILES string of the molecule is NS(=O)(=O)c1cc(CO)cc(OCc2ccccc2)c1Cc1ccccc1. The van der Waals surface area contributed by atoms with Crippen molar-refractivity contribution in [3.8, 4) is 5.75 Å². The maximum absolute atomic E-state index is 12.2. The van der Waals surface area contributed by atoms with Crippen LogP contribution >= 0.6 is 0 Å². The van der Waals surface area contributed by atoms with Gasteiger partial charge in [-0.05, 0) is 28.8 Å². The average Bonchev–Trinajstić information content (AvgIpc) is 2.67. The molecule has 0 fully saturated rings. The molecule has 27 heavy (non-hydrogen) atoms. The molecule has 0 aliphatic heterocycles. The standard InChI is InChI=1S/C21H21NO4S/c22-27(24,25)21-13-18(14-23)12-20(26-15-17-9-5-2-6-10-17)19(21)11-16-7-3-1-4-8-16/h1-10,12-13,23H,11,14-15H2,(H2,22,24,25). The zero-order valence-electron chi connectivity index (χ0n) is 14.7. The highest BCUT2D eigenvalue weighted by molar-refractivity contribution is 7.89. The Labute approximate surface area is 159 Å². The molecule has 3 N–H and O–H groups in total. The summed E-state index contributed by atoms with van der Waals surface area (Å²) in [6.07, 6.45) is 0.350. The summed E-state index contributed by atoms with van der Waals surface area (Å²) in [6, 6.07) is 22.1. The number of hydrogen-bond donors (Lipinski definition) is 2. The number of hydrogen-bond acceptors (Lipinski definition) is 4. The molecule has 140 valence electrons. The Morgan fingerprint density at radius 1 is 0.852 bits per heavy atom. The number of ether oxygens (including phenoxy) is 1. The van der Waals surface area contributed by atoms with E-state index in [1.54, 1.807) is 6.07 Å². The van der Waals surface area contributed by atoms with E-state index in [1.807, 2.05) is 60.7 Å². The van der Waals surface area contributed by atoms with Crippen LogP contribution in [0.1, 0.15) is 22.3 Å². The highest BCUT2D eigenvalue weighted by atomic mass is 32.2. The fourth-order valence-corrected chi connectivity index (χ4v) is 3.69. The van der Waals surface area contributed by atoms with E-state index in [0.29, 0.717) is 23.3 Å². The molecule has 0 heterocycles. The van der Waals surface area contributed by atoms with Crippen molar-refractivity contribution >= 4 is 10.0 Å². The third kappa shape index (κ3) is 4.95. The molecule has 0 aliphatic rings. The summed E-state index contributed by atoms with van der Waals surface area (Å²) in [6.45, 7) is -0.0304. The topological polar surface area (TPSA) is 89.6 Å². The highest BCUT2D eigenvalue weighted by Gasteiger charge is 2.20. The first-order valence-corrected chi connectivity index (χ1v) is 10.0. The Hall–Kier alpha value is -2.67. The maximum Gasteiger partial charge on any atom is 0.238 e. The van der Waals surface area contributed by atoms with Gasteiger partial charge < -0.3 is 9.84 Å². The number of aliphatic hydroxyl groups excluding tert-OH is 1. The molecule has 0 aromatic heterocycles. The van der Waals surface area contributed by atoms with Crippen LogP contribution in [0.3, 0.4) is 0 Å². The van der Waals surface area contributed by atoms with Crippen molar-refractivity contribution in [3.05, 3.63) is 95.1 Å². The summed E-state index contributed by atoms with van der Waals surface area (Å²) in [5.74, 6) is 0.401. The molecule has 3 rings (SSSR count). The van der Waals surface area contributed by atoms with Gasteiger partial charge in [-0.2, -0.15) is 0 Å². The molecule has 0 saturated heterocycles. The lowest BCUT2D eigenvalue weighted by Crippen LogP contribution is -2.16. The van der Waals surface area contributed by atoms with E-state index in [2.05, 4.69) is 0 Å². The van der Waals surface area contributed by atoms with Gasteiger partial charge in [-0.1, -0.05) is 60.7 Å². The Balaban J connectivity index is 2.05. The lowest BCUT2D eigenvalue weighted by atomic mass is 10.0. The number of sulfonamides is 1. The smallest absolute Gasteiger partial charge is 0.238 e. The molecule has 0 amide bonds. The van der Waals surface area contributed by atoms with Gasteiger partial charge in [0.25, 0.3) is 0 Å². The third-order valence-corrected chi connectivity index (χ3v) is 5.16. The van der Waals surface area contributed by atoms with Crippen LogP contribution in [0.4, 0.5) is 0 Å². The molecule has 6 heteroatoms. The minimum Gasteiger partial charge on any atom is -0.489 e. The summed E-state index contributed by atoms with van der Waals surface area (Å²) in [5.41, 5.74) is 2.80. The molecular formula is C21H21NO4S. The molecular weight excluding hydrogens is 362 g/mol. The number of aliphatic hydroxyl groups is 1. The Morgan fingerprint density at radius 3 is 2.00 bits per heavy atom. The average molecular weight is 383 g/mol. The molecule has 0 spiro atoms. The molecule has 0 atom stereocenters. The minimum atomic E-state index is -3.98. The van der Waals surface area contributed by atoms with Gasteiger partial charge in [-0.25, -0.2) is 13.6 Å². The lowest BCUT2D eigenvalue weighted by Gasteiger charge is -2.17. The van der Waals surface area contributed by atoms with Crippen molar-refractivity contribution in [2.75, 3.05) is 0 Å². The van der Waals surface area contributed by atoms with E-state index >= 15 is 0 Å². The van der Waals surface area contributed by atoms with Crippen molar-refractivity contribution in [2.45, 2.75) is 24.5 Å². The zero-order chi connectivity index (χ0) is 19.3. The first kappa shape index (κ1) is 19.1. The fraction of sp³-hybridized carbons (Fsp3) is 0.143. The monoisotopic (exact) mass is 383 g/mol. The molecule has 3 aromatic rings. The van der Waals surface area contributed by atoms with Crippen LogP contribution in [-0.4, -0.2) is 13.5 Å². The Morgan fingerprint density at radius 2 is 1.44 bits per heavy atom. The van der Waals surface area contributed by atoms with Gasteiger partial charge in [0.2, 0.25) is 10.0 Å². The highest BCUT2D eigenvalue weighted by Crippen LogP contribution is 2.31. The lowest BCUT2D eigenvalue weighted by molar-refractivity contribution is 0.276. The number of benzene rings is 3. The maximum atomic E-state index is 12.2. The summed E-state index contributed by atoms with van der Waals surface area (Å²) in [4.78, 5) is -0.0269. The van der Waals surface area contributed by atoms with Crippen molar-refractivity contribution < 1.29 is 18.3 Å². The molecule has 0 aliphatic carbocycles. The second-order valence-corrected chi connectivity index (χ2v) is 7.74. The van der Waals surface area contributed by atoms with Gasteiger partial charge in [0.1, 0.15) is 12.4 Å². The van der Waals surface area contributed by atoms with Gasteiger partial charge in [0.05, 0.1) is 11.5 Å². The van der Waals surface area contributed by atoms with Gasteiger partial charge in [-0.3, -0.25) is 0 Å². The molecule has 3 aromatic carbocycles. The van der Waals surface area contributed by atoms with E-state index in [0.717, 1.165) is 11.1 Å². The van der Waals surface area contributed by atoms with Crippen LogP contribution < -0.4 is 9.88 Å². The predicted molar refractivity (Wildman–Crippen MR) is 104 cm³/mol. The van der Waals surface area contributed by atoms with Crippen molar-refractivity contribution in [3.63, 3.8) is 0 Å². The van der Waals surface area contributed by atoms with E-state index in [1.165, 1.54) is 6.07 Å². The minimum absolute atomic E-state index is 0.0269. The molecule has 0 radical (unpaired) electrons. The normalized spacial score (nSPS) is 11.3. The van der Waals surface area contributed by atoms with Crippen molar-refractivity contribution in [2.24, 2.45) is 5.14 Å². The van der Waals surface area contributed by atoms with Crippen LogP contribution in [0.25, 0.3) is 0 Å². The Kier molecular flexibility index (Phi) is 5.91. The largest absolute Gasteiger partial charge is 0.489 e. The van der Waals surface area contributed by atoms with E-state index in [9.17, 15) is 13.5 Å². The van der Waals surface area contributed by atoms with Gasteiger partial charge in [0.15, 0.2) is 0 Å². The van der Waals surface area contributed by atoms with Gasteiger partial charge >= 0.3 is 0 Å². The number of rotatable bonds is 7.